The summed E-state index contributed by atoms with van der Waals surface area (Å²) >= 11 is 5.98. The average molecular weight is 309 g/mol. The van der Waals surface area contributed by atoms with E-state index in [1.54, 1.807) is 6.07 Å². The van der Waals surface area contributed by atoms with Crippen LogP contribution in [0.4, 0.5) is 4.79 Å². The van der Waals surface area contributed by atoms with Gasteiger partial charge in [-0.1, -0.05) is 17.7 Å². The summed E-state index contributed by atoms with van der Waals surface area (Å²) in [4.78, 5) is 18.5. The molecule has 4 nitrogen and oxygen atoms in total. The lowest BCUT2D eigenvalue weighted by Crippen LogP contribution is -2.42. The fourth-order valence-electron chi connectivity index (χ4n) is 3.19. The Morgan fingerprint density at radius 3 is 2.86 bits per heavy atom. The Bertz CT molecular complexity index is 555. The van der Waals surface area contributed by atoms with E-state index >= 15 is 0 Å². The molecule has 1 aliphatic heterocycles. The molecule has 0 spiro atoms. The Morgan fingerprint density at radius 1 is 1.43 bits per heavy atom. The zero-order chi connectivity index (χ0) is 15.2. The second-order valence-corrected chi connectivity index (χ2v) is 7.31. The predicted molar refractivity (Wildman–Crippen MR) is 81.4 cm³/mol. The highest BCUT2D eigenvalue weighted by atomic mass is 35.5. The van der Waals surface area contributed by atoms with Crippen molar-refractivity contribution in [3.05, 3.63) is 29.0 Å². The third-order valence-corrected chi connectivity index (χ3v) is 4.36. The van der Waals surface area contributed by atoms with Gasteiger partial charge in [-0.2, -0.15) is 0 Å². The summed E-state index contributed by atoms with van der Waals surface area (Å²) in [5.41, 5.74) is 0.617. The van der Waals surface area contributed by atoms with Crippen LogP contribution in [0.5, 0.6) is 0 Å². The van der Waals surface area contributed by atoms with Gasteiger partial charge in [-0.05, 0) is 51.7 Å². The molecule has 3 rings (SSSR count). The molecule has 114 valence electrons. The molecule has 0 bridgehead atoms. The van der Waals surface area contributed by atoms with Crippen molar-refractivity contribution in [2.45, 2.75) is 51.2 Å². The topological polar surface area (TPSA) is 42.4 Å². The van der Waals surface area contributed by atoms with Crippen molar-refractivity contribution < 1.29 is 9.53 Å². The largest absolute Gasteiger partial charge is 0.444 e. The molecule has 1 saturated carbocycles. The maximum atomic E-state index is 12.2. The van der Waals surface area contributed by atoms with Crippen LogP contribution in [0.3, 0.4) is 0 Å². The van der Waals surface area contributed by atoms with Gasteiger partial charge in [0.2, 0.25) is 0 Å². The highest BCUT2D eigenvalue weighted by molar-refractivity contribution is 6.29. The minimum atomic E-state index is -0.438. The van der Waals surface area contributed by atoms with Crippen molar-refractivity contribution >= 4 is 17.7 Å². The number of amides is 1. The molecular formula is C16H21ClN2O2. The maximum absolute atomic E-state index is 12.2. The quantitative estimate of drug-likeness (QED) is 0.740. The third-order valence-electron chi connectivity index (χ3n) is 4.15. The zero-order valence-electron chi connectivity index (χ0n) is 12.7. The lowest BCUT2D eigenvalue weighted by atomic mass is 9.92. The first-order valence-electron chi connectivity index (χ1n) is 7.47. The van der Waals surface area contributed by atoms with Crippen molar-refractivity contribution in [1.82, 2.24) is 9.88 Å². The van der Waals surface area contributed by atoms with Crippen molar-refractivity contribution in [2.75, 3.05) is 6.54 Å². The number of fused-ring (bicyclic) bond motifs is 1. The summed E-state index contributed by atoms with van der Waals surface area (Å²) in [5, 5.41) is 0.541. The van der Waals surface area contributed by atoms with E-state index < -0.39 is 5.60 Å². The van der Waals surface area contributed by atoms with E-state index in [1.165, 1.54) is 0 Å². The van der Waals surface area contributed by atoms with Crippen molar-refractivity contribution in [2.24, 2.45) is 5.92 Å². The second-order valence-electron chi connectivity index (χ2n) is 6.92. The zero-order valence-corrected chi connectivity index (χ0v) is 13.4. The molecule has 2 aliphatic rings. The lowest BCUT2D eigenvalue weighted by Gasteiger charge is -2.33. The van der Waals surface area contributed by atoms with Gasteiger partial charge in [-0.3, -0.25) is 0 Å². The number of hydrogen-bond acceptors (Lipinski definition) is 3. The molecule has 2 unspecified atom stereocenters. The molecule has 5 heteroatoms. The minimum Gasteiger partial charge on any atom is -0.444 e. The number of rotatable bonds is 1. The van der Waals surface area contributed by atoms with Crippen molar-refractivity contribution in [3.8, 4) is 0 Å². The van der Waals surface area contributed by atoms with Crippen LogP contribution in [0, 0.1) is 5.92 Å². The fraction of sp³-hybridized carbons (Fsp3) is 0.625. The lowest BCUT2D eigenvalue weighted by molar-refractivity contribution is 0.0183. The molecule has 2 heterocycles. The third kappa shape index (κ3) is 3.15. The van der Waals surface area contributed by atoms with Gasteiger partial charge in [0.1, 0.15) is 10.8 Å². The fourth-order valence-corrected chi connectivity index (χ4v) is 3.36. The number of aromatic nitrogens is 1. The molecular weight excluding hydrogens is 288 g/mol. The van der Waals surface area contributed by atoms with E-state index in [0.29, 0.717) is 23.0 Å². The number of pyridine rings is 1. The molecule has 1 saturated heterocycles. The van der Waals surface area contributed by atoms with E-state index in [2.05, 4.69) is 4.98 Å². The summed E-state index contributed by atoms with van der Waals surface area (Å²) in [6, 6.07) is 6.09. The summed E-state index contributed by atoms with van der Waals surface area (Å²) in [5.74, 6) is 0.907. The Labute approximate surface area is 130 Å². The summed E-state index contributed by atoms with van der Waals surface area (Å²) in [6.07, 6.45) is 1.78. The van der Waals surface area contributed by atoms with Crippen LogP contribution in [-0.2, 0) is 4.74 Å². The van der Waals surface area contributed by atoms with Crippen LogP contribution in [0.15, 0.2) is 18.2 Å². The molecule has 1 amide bonds. The number of likely N-dealkylation sites (tertiary alicyclic amines) is 1. The standard InChI is InChI=1S/C16H21ClN2O2/c1-16(2,3)21-15(20)19-8-7-10(11-9-13(11)19)12-5-4-6-14(17)18-12/h4-6,10-11,13H,7-9H2,1-3H3/t10-,11?,13?/m1/s1. The first kappa shape index (κ1) is 14.6. The molecule has 2 fully saturated rings. The van der Waals surface area contributed by atoms with Gasteiger partial charge < -0.3 is 9.64 Å². The Kier molecular flexibility index (Phi) is 3.60. The molecule has 0 radical (unpaired) electrons. The van der Waals surface area contributed by atoms with E-state index in [0.717, 1.165) is 25.1 Å². The number of nitrogens with zero attached hydrogens (tertiary/aromatic N) is 2. The molecule has 21 heavy (non-hydrogen) atoms. The van der Waals surface area contributed by atoms with Gasteiger partial charge in [0.25, 0.3) is 0 Å². The summed E-state index contributed by atoms with van der Waals surface area (Å²) < 4.78 is 5.48. The number of halogens is 1. The molecule has 0 aromatic carbocycles. The SMILES string of the molecule is CC(C)(C)OC(=O)N1CC[C@@H](c2cccc(Cl)n2)C2CC21. The van der Waals surface area contributed by atoms with E-state index in [9.17, 15) is 4.79 Å². The second kappa shape index (κ2) is 5.16. The van der Waals surface area contributed by atoms with E-state index in [4.69, 9.17) is 16.3 Å². The van der Waals surface area contributed by atoms with Gasteiger partial charge in [0.05, 0.1) is 0 Å². The van der Waals surface area contributed by atoms with Crippen LogP contribution in [0.2, 0.25) is 5.15 Å². The van der Waals surface area contributed by atoms with Gasteiger partial charge >= 0.3 is 6.09 Å². The smallest absolute Gasteiger partial charge is 0.410 e. The van der Waals surface area contributed by atoms with Crippen LogP contribution in [0.25, 0.3) is 0 Å². The van der Waals surface area contributed by atoms with E-state index in [-0.39, 0.29) is 6.09 Å². The average Bonchev–Trinajstić information content (AvgIpc) is 3.15. The van der Waals surface area contributed by atoms with Gasteiger partial charge in [0, 0.05) is 24.2 Å². The molecule has 3 atom stereocenters. The van der Waals surface area contributed by atoms with Crippen LogP contribution < -0.4 is 0 Å². The number of carbonyl (C=O) groups excluding carboxylic acids is 1. The van der Waals surface area contributed by atoms with E-state index in [1.807, 2.05) is 37.8 Å². The highest BCUT2D eigenvalue weighted by Gasteiger charge is 2.53. The number of carbonyl (C=O) groups is 1. The van der Waals surface area contributed by atoms with Gasteiger partial charge in [0.15, 0.2) is 0 Å². The highest BCUT2D eigenvalue weighted by Crippen LogP contribution is 2.51. The van der Waals surface area contributed by atoms with Crippen molar-refractivity contribution in [3.63, 3.8) is 0 Å². The van der Waals surface area contributed by atoms with Crippen LogP contribution >= 0.6 is 11.6 Å². The monoisotopic (exact) mass is 308 g/mol. The molecule has 1 aromatic rings. The van der Waals surface area contributed by atoms with Crippen LogP contribution in [-0.4, -0.2) is 34.2 Å². The van der Waals surface area contributed by atoms with Gasteiger partial charge in [-0.15, -0.1) is 0 Å². The number of piperidine rings is 1. The summed E-state index contributed by atoms with van der Waals surface area (Å²) in [6.45, 7) is 6.43. The predicted octanol–water partition coefficient (Wildman–Crippen LogP) is 3.85. The normalized spacial score (nSPS) is 28.0. The summed E-state index contributed by atoms with van der Waals surface area (Å²) in [7, 11) is 0. The van der Waals surface area contributed by atoms with Crippen molar-refractivity contribution in [1.29, 1.82) is 0 Å². The molecule has 1 aromatic heterocycles. The first-order valence-corrected chi connectivity index (χ1v) is 7.85. The van der Waals surface area contributed by atoms with Crippen LogP contribution in [0.1, 0.15) is 45.2 Å². The molecule has 0 N–H and O–H groups in total. The Hall–Kier alpha value is -1.29. The first-order chi connectivity index (χ1) is 9.85. The number of hydrogen-bond donors (Lipinski definition) is 0. The minimum absolute atomic E-state index is 0.187. The number of ether oxygens (including phenoxy) is 1. The Morgan fingerprint density at radius 2 is 2.19 bits per heavy atom. The Balaban J connectivity index is 1.67. The maximum Gasteiger partial charge on any atom is 0.410 e. The van der Waals surface area contributed by atoms with Gasteiger partial charge in [-0.25, -0.2) is 9.78 Å². The molecule has 1 aliphatic carbocycles.